The van der Waals surface area contributed by atoms with Crippen LogP contribution >= 0.6 is 35.7 Å². The van der Waals surface area contributed by atoms with Crippen molar-refractivity contribution in [2.45, 2.75) is 25.1 Å². The van der Waals surface area contributed by atoms with Gasteiger partial charge in [0, 0.05) is 36.6 Å². The van der Waals surface area contributed by atoms with Crippen LogP contribution in [0.5, 0.6) is 0 Å². The van der Waals surface area contributed by atoms with E-state index in [-0.39, 0.29) is 28.7 Å². The van der Waals surface area contributed by atoms with Crippen molar-refractivity contribution in [2.24, 2.45) is 4.99 Å². The molecule has 2 aromatic rings. The summed E-state index contributed by atoms with van der Waals surface area (Å²) in [7, 11) is 1.80. The lowest BCUT2D eigenvalue weighted by Gasteiger charge is -2.23. The number of guanidine groups is 1. The van der Waals surface area contributed by atoms with Gasteiger partial charge in [-0.15, -0.1) is 24.0 Å². The number of aliphatic imine (C=N–C) groups is 1. The smallest absolute Gasteiger partial charge is 0.191 e. The molecular weight excluding hydrogens is 443 g/mol. The zero-order chi connectivity index (χ0) is 17.4. The van der Waals surface area contributed by atoms with Gasteiger partial charge < -0.3 is 10.6 Å². The van der Waals surface area contributed by atoms with Gasteiger partial charge in [-0.2, -0.15) is 11.8 Å². The monoisotopic (exact) mass is 470 g/mol. The summed E-state index contributed by atoms with van der Waals surface area (Å²) in [5.74, 6) is 0.820. The van der Waals surface area contributed by atoms with Gasteiger partial charge in [0.1, 0.15) is 0 Å². The van der Waals surface area contributed by atoms with E-state index in [1.165, 1.54) is 5.56 Å². The largest absolute Gasteiger partial charge is 0.355 e. The summed E-state index contributed by atoms with van der Waals surface area (Å²) in [6, 6.07) is 14.4. The fraction of sp³-hybridized carbons (Fsp3) is 0.368. The highest BCUT2D eigenvalue weighted by Crippen LogP contribution is 2.19. The topological polar surface area (TPSA) is 49.3 Å². The van der Waals surface area contributed by atoms with Crippen LogP contribution in [-0.2, 0) is 6.54 Å². The van der Waals surface area contributed by atoms with E-state index in [2.05, 4.69) is 65.0 Å². The molecule has 136 valence electrons. The van der Waals surface area contributed by atoms with Crippen molar-refractivity contribution < 1.29 is 0 Å². The van der Waals surface area contributed by atoms with Gasteiger partial charge >= 0.3 is 0 Å². The Balaban J connectivity index is 0.00000312. The maximum Gasteiger partial charge on any atom is 0.191 e. The highest BCUT2D eigenvalue weighted by atomic mass is 127. The lowest BCUT2D eigenvalue weighted by Crippen LogP contribution is -2.42. The molecule has 1 heterocycles. The van der Waals surface area contributed by atoms with Crippen LogP contribution in [0, 0.1) is 0 Å². The standard InChI is InChI=1S/C19H26N4S.HI/c1-19(2,24-4)14-23-18(20-3)22-13-15-8-7-9-16(12-15)17-10-5-6-11-21-17;/h5-12H,13-14H2,1-4H3,(H2,20,22,23);1H. The molecule has 0 amide bonds. The fourth-order valence-electron chi connectivity index (χ4n) is 2.15. The molecule has 0 aliphatic heterocycles. The van der Waals surface area contributed by atoms with E-state index in [0.717, 1.165) is 30.3 Å². The summed E-state index contributed by atoms with van der Waals surface area (Å²) in [5.41, 5.74) is 3.31. The number of rotatable bonds is 6. The third-order valence-electron chi connectivity index (χ3n) is 3.81. The molecule has 0 unspecified atom stereocenters. The minimum Gasteiger partial charge on any atom is -0.355 e. The van der Waals surface area contributed by atoms with Crippen LogP contribution in [0.3, 0.4) is 0 Å². The maximum absolute atomic E-state index is 4.41. The number of aromatic nitrogens is 1. The van der Waals surface area contributed by atoms with E-state index in [4.69, 9.17) is 0 Å². The molecule has 6 heteroatoms. The molecule has 1 aromatic heterocycles. The molecule has 0 aliphatic carbocycles. The first-order valence-electron chi connectivity index (χ1n) is 8.04. The predicted octanol–water partition coefficient (Wildman–Crippen LogP) is 4.17. The van der Waals surface area contributed by atoms with Crippen molar-refractivity contribution in [1.82, 2.24) is 15.6 Å². The van der Waals surface area contributed by atoms with Gasteiger partial charge in [0.05, 0.1) is 5.69 Å². The summed E-state index contributed by atoms with van der Waals surface area (Å²) in [6.07, 6.45) is 3.94. The van der Waals surface area contributed by atoms with Crippen molar-refractivity contribution in [3.8, 4) is 11.3 Å². The predicted molar refractivity (Wildman–Crippen MR) is 121 cm³/mol. The van der Waals surface area contributed by atoms with Crippen LogP contribution in [0.1, 0.15) is 19.4 Å². The van der Waals surface area contributed by atoms with Gasteiger partial charge in [0.2, 0.25) is 0 Å². The average Bonchev–Trinajstić information content (AvgIpc) is 2.63. The number of thioether (sulfide) groups is 1. The molecule has 0 radical (unpaired) electrons. The number of nitrogens with zero attached hydrogens (tertiary/aromatic N) is 2. The van der Waals surface area contributed by atoms with Crippen LogP contribution in [0.25, 0.3) is 11.3 Å². The zero-order valence-electron chi connectivity index (χ0n) is 15.2. The van der Waals surface area contributed by atoms with Crippen LogP contribution in [0.15, 0.2) is 53.7 Å². The Hall–Kier alpha value is -1.28. The van der Waals surface area contributed by atoms with E-state index < -0.39 is 0 Å². The second kappa shape index (κ2) is 10.7. The number of pyridine rings is 1. The first-order chi connectivity index (χ1) is 11.5. The Kier molecular flexibility index (Phi) is 9.27. The SMILES string of the molecule is CN=C(NCc1cccc(-c2ccccn2)c1)NCC(C)(C)SC.I. The Morgan fingerprint density at radius 3 is 2.60 bits per heavy atom. The normalized spacial score (nSPS) is 11.6. The van der Waals surface area contributed by atoms with Crippen molar-refractivity contribution in [2.75, 3.05) is 19.8 Å². The summed E-state index contributed by atoms with van der Waals surface area (Å²) >= 11 is 1.84. The maximum atomic E-state index is 4.41. The molecular formula is C19H27IN4S. The number of hydrogen-bond acceptors (Lipinski definition) is 3. The minimum absolute atomic E-state index is 0. The number of halogens is 1. The van der Waals surface area contributed by atoms with E-state index in [0.29, 0.717) is 0 Å². The Morgan fingerprint density at radius 2 is 1.96 bits per heavy atom. The summed E-state index contributed by atoms with van der Waals surface area (Å²) in [4.78, 5) is 8.70. The third kappa shape index (κ3) is 7.23. The molecule has 0 saturated heterocycles. The molecule has 25 heavy (non-hydrogen) atoms. The van der Waals surface area contributed by atoms with E-state index in [1.54, 1.807) is 7.05 Å². The molecule has 2 rings (SSSR count). The average molecular weight is 470 g/mol. The highest BCUT2D eigenvalue weighted by molar-refractivity contribution is 14.0. The number of nitrogens with one attached hydrogen (secondary N) is 2. The molecule has 2 N–H and O–H groups in total. The van der Waals surface area contributed by atoms with E-state index in [1.807, 2.05) is 36.2 Å². The molecule has 0 aliphatic rings. The first kappa shape index (κ1) is 21.8. The van der Waals surface area contributed by atoms with Crippen molar-refractivity contribution in [1.29, 1.82) is 0 Å². The molecule has 0 spiro atoms. The lowest BCUT2D eigenvalue weighted by molar-refractivity contribution is 0.664. The van der Waals surface area contributed by atoms with Gasteiger partial charge in [-0.1, -0.05) is 24.3 Å². The van der Waals surface area contributed by atoms with Crippen LogP contribution in [-0.4, -0.2) is 35.5 Å². The lowest BCUT2D eigenvalue weighted by atomic mass is 10.1. The van der Waals surface area contributed by atoms with Gasteiger partial charge in [-0.25, -0.2) is 0 Å². The Morgan fingerprint density at radius 1 is 1.16 bits per heavy atom. The van der Waals surface area contributed by atoms with E-state index >= 15 is 0 Å². The quantitative estimate of drug-likeness (QED) is 0.378. The molecule has 4 nitrogen and oxygen atoms in total. The van der Waals surface area contributed by atoms with E-state index in [9.17, 15) is 0 Å². The summed E-state index contributed by atoms with van der Waals surface area (Å²) < 4.78 is 0.177. The minimum atomic E-state index is 0. The van der Waals surface area contributed by atoms with Gasteiger partial charge in [-0.05, 0) is 43.9 Å². The van der Waals surface area contributed by atoms with Crippen molar-refractivity contribution in [3.63, 3.8) is 0 Å². The second-order valence-corrected chi connectivity index (χ2v) is 7.67. The fourth-order valence-corrected chi connectivity index (χ4v) is 2.37. The number of hydrogen-bond donors (Lipinski definition) is 2. The molecule has 0 fully saturated rings. The Bertz CT molecular complexity index is 674. The molecule has 0 saturated carbocycles. The summed E-state index contributed by atoms with van der Waals surface area (Å²) in [6.45, 7) is 6.02. The third-order valence-corrected chi connectivity index (χ3v) is 5.05. The van der Waals surface area contributed by atoms with Gasteiger partial charge in [-0.3, -0.25) is 9.98 Å². The number of benzene rings is 1. The zero-order valence-corrected chi connectivity index (χ0v) is 18.4. The van der Waals surface area contributed by atoms with Crippen LogP contribution < -0.4 is 10.6 Å². The molecule has 1 aromatic carbocycles. The van der Waals surface area contributed by atoms with Crippen molar-refractivity contribution >= 4 is 41.7 Å². The first-order valence-corrected chi connectivity index (χ1v) is 9.26. The van der Waals surface area contributed by atoms with Crippen LogP contribution in [0.4, 0.5) is 0 Å². The molecule has 0 bridgehead atoms. The van der Waals surface area contributed by atoms with Gasteiger partial charge in [0.15, 0.2) is 5.96 Å². The molecule has 0 atom stereocenters. The summed E-state index contributed by atoms with van der Waals surface area (Å²) in [5, 5.41) is 6.75. The second-order valence-electron chi connectivity index (χ2n) is 6.16. The van der Waals surface area contributed by atoms with Crippen LogP contribution in [0.2, 0.25) is 0 Å². The highest BCUT2D eigenvalue weighted by Gasteiger charge is 2.16. The Labute approximate surface area is 172 Å². The van der Waals surface area contributed by atoms with Gasteiger partial charge in [0.25, 0.3) is 0 Å². The van der Waals surface area contributed by atoms with Crippen molar-refractivity contribution in [3.05, 3.63) is 54.2 Å².